The molecule has 1 aliphatic rings. The molecule has 136 valence electrons. The van der Waals surface area contributed by atoms with Crippen LogP contribution in [-0.4, -0.2) is 53.4 Å². The van der Waals surface area contributed by atoms with Crippen molar-refractivity contribution >= 4 is 23.6 Å². The molecule has 1 aromatic heterocycles. The van der Waals surface area contributed by atoms with Crippen LogP contribution in [0.2, 0.25) is 0 Å². The predicted molar refractivity (Wildman–Crippen MR) is 103 cm³/mol. The molecule has 0 bridgehead atoms. The highest BCUT2D eigenvalue weighted by atomic mass is 16.7. The molecule has 0 radical (unpaired) electrons. The summed E-state index contributed by atoms with van der Waals surface area (Å²) in [7, 11) is 3.88. The molecule has 0 saturated carbocycles. The van der Waals surface area contributed by atoms with Gasteiger partial charge in [0.25, 0.3) is 0 Å². The molecule has 5 nitrogen and oxygen atoms in total. The maximum Gasteiger partial charge on any atom is 0.494 e. The van der Waals surface area contributed by atoms with E-state index in [4.69, 9.17) is 14.3 Å². The molecule has 0 unspecified atom stereocenters. The average Bonchev–Trinajstić information content (AvgIpc) is 2.91. The van der Waals surface area contributed by atoms with Gasteiger partial charge >= 0.3 is 7.12 Å². The van der Waals surface area contributed by atoms with Gasteiger partial charge in [0.2, 0.25) is 0 Å². The highest BCUT2D eigenvalue weighted by molar-refractivity contribution is 6.62. The van der Waals surface area contributed by atoms with E-state index in [1.807, 2.05) is 0 Å². The highest BCUT2D eigenvalue weighted by Crippen LogP contribution is 2.36. The van der Waals surface area contributed by atoms with E-state index in [-0.39, 0.29) is 18.3 Å². The van der Waals surface area contributed by atoms with Crippen LogP contribution in [0.25, 0.3) is 11.0 Å². The first-order valence-corrected chi connectivity index (χ1v) is 9.08. The number of hydrogen-bond donors (Lipinski definition) is 0. The lowest BCUT2D eigenvalue weighted by molar-refractivity contribution is 0.00578. The fraction of sp³-hybridized carbons (Fsp3) is 0.632. The second-order valence-corrected chi connectivity index (χ2v) is 8.30. The first-order chi connectivity index (χ1) is 11.6. The van der Waals surface area contributed by atoms with Crippen LogP contribution < -0.4 is 5.46 Å². The Labute approximate surface area is 151 Å². The molecule has 0 spiro atoms. The van der Waals surface area contributed by atoms with Gasteiger partial charge in [-0.2, -0.15) is 0 Å². The number of hydrogen-bond acceptors (Lipinski definition) is 4. The predicted octanol–water partition coefficient (Wildman–Crippen LogP) is 2.60. The number of imidazole rings is 1. The highest BCUT2D eigenvalue weighted by Gasteiger charge is 2.51. The van der Waals surface area contributed by atoms with E-state index in [0.717, 1.165) is 41.8 Å². The fourth-order valence-corrected chi connectivity index (χ4v) is 3.21. The number of fused-ring (bicyclic) bond motifs is 1. The summed E-state index contributed by atoms with van der Waals surface area (Å²) in [4.78, 5) is 6.92. The molecular formula is C19H30BN3O2. The van der Waals surface area contributed by atoms with Gasteiger partial charge in [0.15, 0.2) is 0 Å². The van der Waals surface area contributed by atoms with E-state index in [0.29, 0.717) is 0 Å². The first kappa shape index (κ1) is 18.4. The van der Waals surface area contributed by atoms with Gasteiger partial charge in [-0.15, -0.1) is 0 Å². The van der Waals surface area contributed by atoms with E-state index in [1.54, 1.807) is 0 Å². The third-order valence-corrected chi connectivity index (χ3v) is 5.48. The van der Waals surface area contributed by atoms with Crippen LogP contribution in [-0.2, 0) is 15.9 Å². The minimum absolute atomic E-state index is 0.325. The molecule has 0 atom stereocenters. The van der Waals surface area contributed by atoms with E-state index in [1.165, 1.54) is 0 Å². The van der Waals surface area contributed by atoms with Crippen molar-refractivity contribution in [3.05, 3.63) is 24.0 Å². The summed E-state index contributed by atoms with van der Waals surface area (Å²) in [5.74, 6) is 1.06. The topological polar surface area (TPSA) is 39.5 Å². The van der Waals surface area contributed by atoms with Crippen molar-refractivity contribution in [1.82, 2.24) is 14.5 Å². The zero-order valence-electron chi connectivity index (χ0n) is 16.6. The number of rotatable bonds is 5. The van der Waals surface area contributed by atoms with Crippen molar-refractivity contribution in [3.8, 4) is 0 Å². The Bertz CT molecular complexity index is 751. The van der Waals surface area contributed by atoms with Crippen LogP contribution in [0.3, 0.4) is 0 Å². The molecule has 2 heterocycles. The van der Waals surface area contributed by atoms with E-state index >= 15 is 0 Å². The molecule has 1 saturated heterocycles. The minimum atomic E-state index is -0.333. The van der Waals surface area contributed by atoms with Crippen LogP contribution in [0.5, 0.6) is 0 Å². The summed E-state index contributed by atoms with van der Waals surface area (Å²) in [6.07, 6.45) is 1.10. The molecule has 0 amide bonds. The smallest absolute Gasteiger partial charge is 0.399 e. The van der Waals surface area contributed by atoms with Crippen LogP contribution in [0, 0.1) is 6.92 Å². The second kappa shape index (κ2) is 6.42. The molecule has 1 fully saturated rings. The van der Waals surface area contributed by atoms with Crippen molar-refractivity contribution in [1.29, 1.82) is 0 Å². The maximum atomic E-state index is 6.20. The van der Waals surface area contributed by atoms with Gasteiger partial charge in [-0.1, -0.05) is 6.07 Å². The van der Waals surface area contributed by atoms with E-state index in [2.05, 4.69) is 76.4 Å². The minimum Gasteiger partial charge on any atom is -0.399 e. The molecule has 1 aliphatic heterocycles. The third kappa shape index (κ3) is 3.48. The lowest BCUT2D eigenvalue weighted by atomic mass is 9.79. The second-order valence-electron chi connectivity index (χ2n) is 8.30. The van der Waals surface area contributed by atoms with Gasteiger partial charge in [-0.05, 0) is 79.3 Å². The quantitative estimate of drug-likeness (QED) is 0.783. The lowest BCUT2D eigenvalue weighted by Gasteiger charge is -2.32. The van der Waals surface area contributed by atoms with E-state index in [9.17, 15) is 0 Å². The Balaban J connectivity index is 1.89. The number of aromatic nitrogens is 2. The zero-order chi connectivity index (χ0) is 18.4. The third-order valence-electron chi connectivity index (χ3n) is 5.48. The Hall–Kier alpha value is -1.37. The fourth-order valence-electron chi connectivity index (χ4n) is 3.21. The van der Waals surface area contributed by atoms with Crippen molar-refractivity contribution in [3.63, 3.8) is 0 Å². The van der Waals surface area contributed by atoms with Gasteiger partial charge in [0.05, 0.1) is 22.2 Å². The molecule has 0 aliphatic carbocycles. The summed E-state index contributed by atoms with van der Waals surface area (Å²) in [5.41, 5.74) is 2.59. The maximum absolute atomic E-state index is 6.20. The van der Waals surface area contributed by atoms with Crippen molar-refractivity contribution < 1.29 is 9.31 Å². The molecular weight excluding hydrogens is 313 g/mol. The summed E-state index contributed by atoms with van der Waals surface area (Å²) < 4.78 is 14.7. The van der Waals surface area contributed by atoms with Crippen LogP contribution >= 0.6 is 0 Å². The van der Waals surface area contributed by atoms with Gasteiger partial charge in [0.1, 0.15) is 5.82 Å². The van der Waals surface area contributed by atoms with Gasteiger partial charge in [-0.3, -0.25) is 0 Å². The van der Waals surface area contributed by atoms with Gasteiger partial charge in [-0.25, -0.2) is 4.98 Å². The number of nitrogens with zero attached hydrogens (tertiary/aromatic N) is 3. The largest absolute Gasteiger partial charge is 0.494 e. The number of benzene rings is 1. The van der Waals surface area contributed by atoms with Crippen molar-refractivity contribution in [2.45, 2.75) is 58.8 Å². The Kier molecular flexibility index (Phi) is 4.73. The van der Waals surface area contributed by atoms with Crippen molar-refractivity contribution in [2.24, 2.45) is 0 Å². The van der Waals surface area contributed by atoms with E-state index < -0.39 is 0 Å². The zero-order valence-corrected chi connectivity index (χ0v) is 16.6. The van der Waals surface area contributed by atoms with Gasteiger partial charge < -0.3 is 18.8 Å². The molecule has 25 heavy (non-hydrogen) atoms. The normalized spacial score (nSPS) is 19.3. The SMILES string of the molecule is Cc1nc2ccc(B3OC(C)(C)C(C)(C)O3)cc2n1CCCN(C)C. The molecule has 0 N–H and O–H groups in total. The molecule has 1 aromatic carbocycles. The number of aryl methyl sites for hydroxylation is 2. The van der Waals surface area contributed by atoms with Gasteiger partial charge in [0, 0.05) is 6.54 Å². The molecule has 6 heteroatoms. The summed E-state index contributed by atoms with van der Waals surface area (Å²) >= 11 is 0. The van der Waals surface area contributed by atoms with Crippen LogP contribution in [0.15, 0.2) is 18.2 Å². The van der Waals surface area contributed by atoms with Crippen LogP contribution in [0.4, 0.5) is 0 Å². The van der Waals surface area contributed by atoms with Crippen LogP contribution in [0.1, 0.15) is 39.9 Å². The lowest BCUT2D eigenvalue weighted by Crippen LogP contribution is -2.41. The summed E-state index contributed by atoms with van der Waals surface area (Å²) in [5, 5.41) is 0. The Morgan fingerprint density at radius 3 is 2.36 bits per heavy atom. The first-order valence-electron chi connectivity index (χ1n) is 9.08. The monoisotopic (exact) mass is 343 g/mol. The molecule has 3 rings (SSSR count). The Morgan fingerprint density at radius 1 is 1.12 bits per heavy atom. The average molecular weight is 343 g/mol. The van der Waals surface area contributed by atoms with Crippen molar-refractivity contribution in [2.75, 3.05) is 20.6 Å². The molecule has 2 aromatic rings. The summed E-state index contributed by atoms with van der Waals surface area (Å²) in [6, 6.07) is 6.32. The summed E-state index contributed by atoms with van der Waals surface area (Å²) in [6.45, 7) is 12.4. The standard InChI is InChI=1S/C19H30BN3O2/c1-14-21-16-10-9-15(20-24-18(2,3)19(4,5)25-20)13-17(16)23(14)12-8-11-22(6)7/h9-10,13H,8,11-12H2,1-7H3. The Morgan fingerprint density at radius 2 is 1.76 bits per heavy atom.